The molecule has 182 valence electrons. The molecule has 1 aliphatic carbocycles. The minimum Gasteiger partial charge on any atom is -0.215 e. The van der Waals surface area contributed by atoms with Crippen LogP contribution >= 0.6 is 0 Å². The standard InChI is InChI=1S/C24H40N2O4S2/c1-18(2)17-31(27,28)25-15-14-21-6-8-23(9-7-21)24-12-10-22(11-13-24)20(5)16-26-32(29,30)19(3)4/h6-9,12,18-20,22,25-26H,10-11,13-17H2,1-5H3. The minimum absolute atomic E-state index is 0.113. The molecule has 1 aromatic rings. The van der Waals surface area contributed by atoms with Crippen molar-refractivity contribution in [2.75, 3.05) is 18.8 Å². The Morgan fingerprint density at radius 3 is 2.16 bits per heavy atom. The summed E-state index contributed by atoms with van der Waals surface area (Å²) in [7, 11) is -6.42. The van der Waals surface area contributed by atoms with Crippen molar-refractivity contribution in [3.63, 3.8) is 0 Å². The second kappa shape index (κ2) is 11.8. The maximum absolute atomic E-state index is 12.0. The lowest BCUT2D eigenvalue weighted by molar-refractivity contribution is 0.334. The smallest absolute Gasteiger partial charge is 0.213 e. The Hall–Kier alpha value is -1.22. The number of sulfonamides is 2. The van der Waals surface area contributed by atoms with E-state index in [0.29, 0.717) is 31.3 Å². The molecule has 2 rings (SSSR count). The summed E-state index contributed by atoms with van der Waals surface area (Å²) >= 11 is 0. The Morgan fingerprint density at radius 1 is 0.969 bits per heavy atom. The molecule has 0 radical (unpaired) electrons. The van der Waals surface area contributed by atoms with Gasteiger partial charge in [-0.25, -0.2) is 26.3 Å². The van der Waals surface area contributed by atoms with Gasteiger partial charge >= 0.3 is 0 Å². The number of benzene rings is 1. The molecule has 32 heavy (non-hydrogen) atoms. The number of nitrogens with one attached hydrogen (secondary N) is 2. The van der Waals surface area contributed by atoms with Gasteiger partial charge in [-0.1, -0.05) is 51.1 Å². The first-order chi connectivity index (χ1) is 14.9. The van der Waals surface area contributed by atoms with Crippen molar-refractivity contribution < 1.29 is 16.8 Å². The van der Waals surface area contributed by atoms with Gasteiger partial charge < -0.3 is 0 Å². The van der Waals surface area contributed by atoms with Crippen LogP contribution in [0.2, 0.25) is 0 Å². The van der Waals surface area contributed by atoms with Gasteiger partial charge in [-0.05, 0) is 74.0 Å². The van der Waals surface area contributed by atoms with Crippen LogP contribution in [0.1, 0.15) is 65.0 Å². The van der Waals surface area contributed by atoms with Gasteiger partial charge in [0.15, 0.2) is 0 Å². The predicted octanol–water partition coefficient (Wildman–Crippen LogP) is 3.95. The van der Waals surface area contributed by atoms with Crippen LogP contribution in [-0.4, -0.2) is 40.9 Å². The van der Waals surface area contributed by atoms with Crippen molar-refractivity contribution >= 4 is 25.6 Å². The molecular weight excluding hydrogens is 444 g/mol. The summed E-state index contributed by atoms with van der Waals surface area (Å²) < 4.78 is 53.3. The highest BCUT2D eigenvalue weighted by Gasteiger charge is 2.23. The molecule has 2 atom stereocenters. The molecule has 0 heterocycles. The SMILES string of the molecule is CC(C)CS(=O)(=O)NCCc1ccc(C2=CCC(C(C)CNS(=O)(=O)C(C)C)CC2)cc1. The normalized spacial score (nSPS) is 18.7. The fraction of sp³-hybridized carbons (Fsp3) is 0.667. The first-order valence-corrected chi connectivity index (χ1v) is 14.8. The highest BCUT2D eigenvalue weighted by Crippen LogP contribution is 2.34. The Morgan fingerprint density at radius 2 is 1.62 bits per heavy atom. The Balaban J connectivity index is 1.84. The molecule has 0 amide bonds. The van der Waals surface area contributed by atoms with Gasteiger partial charge in [0, 0.05) is 13.1 Å². The van der Waals surface area contributed by atoms with Crippen molar-refractivity contribution in [2.24, 2.45) is 17.8 Å². The van der Waals surface area contributed by atoms with Crippen molar-refractivity contribution in [3.05, 3.63) is 41.5 Å². The lowest BCUT2D eigenvalue weighted by Crippen LogP contribution is -2.36. The first-order valence-electron chi connectivity index (χ1n) is 11.6. The van der Waals surface area contributed by atoms with Gasteiger partial charge in [0.2, 0.25) is 20.0 Å². The zero-order valence-corrected chi connectivity index (χ0v) is 21.7. The third-order valence-electron chi connectivity index (χ3n) is 6.10. The van der Waals surface area contributed by atoms with E-state index in [1.807, 2.05) is 13.8 Å². The van der Waals surface area contributed by atoms with Crippen molar-refractivity contribution in [3.8, 4) is 0 Å². The molecule has 8 heteroatoms. The predicted molar refractivity (Wildman–Crippen MR) is 133 cm³/mol. The average Bonchev–Trinajstić information content (AvgIpc) is 2.71. The number of rotatable bonds is 12. The molecule has 0 saturated heterocycles. The molecule has 2 N–H and O–H groups in total. The maximum Gasteiger partial charge on any atom is 0.213 e. The van der Waals surface area contributed by atoms with E-state index in [2.05, 4.69) is 46.7 Å². The molecule has 0 saturated carbocycles. The third kappa shape index (κ3) is 8.61. The summed E-state index contributed by atoms with van der Waals surface area (Å²) in [4.78, 5) is 0. The van der Waals surface area contributed by atoms with E-state index in [-0.39, 0.29) is 11.7 Å². The van der Waals surface area contributed by atoms with Crippen molar-refractivity contribution in [1.82, 2.24) is 9.44 Å². The van der Waals surface area contributed by atoms with E-state index < -0.39 is 25.3 Å². The van der Waals surface area contributed by atoms with Crippen molar-refractivity contribution in [2.45, 2.75) is 65.6 Å². The topological polar surface area (TPSA) is 92.3 Å². The molecule has 0 spiro atoms. The molecule has 1 aliphatic rings. The fourth-order valence-corrected chi connectivity index (χ4v) is 6.19. The first kappa shape index (κ1) is 27.0. The third-order valence-corrected chi connectivity index (χ3v) is 9.66. The van der Waals surface area contributed by atoms with Crippen LogP contribution in [-0.2, 0) is 26.5 Å². The fourth-order valence-electron chi connectivity index (χ4n) is 3.95. The molecular formula is C24H40N2O4S2. The quantitative estimate of drug-likeness (QED) is 0.470. The summed E-state index contributed by atoms with van der Waals surface area (Å²) in [5.41, 5.74) is 3.66. The van der Waals surface area contributed by atoms with Gasteiger partial charge in [-0.2, -0.15) is 0 Å². The van der Waals surface area contributed by atoms with Gasteiger partial charge in [0.05, 0.1) is 11.0 Å². The molecule has 6 nitrogen and oxygen atoms in total. The maximum atomic E-state index is 12.0. The monoisotopic (exact) mass is 484 g/mol. The summed E-state index contributed by atoms with van der Waals surface area (Å²) in [5.74, 6) is 1.04. The summed E-state index contributed by atoms with van der Waals surface area (Å²) in [6, 6.07) is 8.37. The lowest BCUT2D eigenvalue weighted by Gasteiger charge is -2.28. The van der Waals surface area contributed by atoms with E-state index in [1.54, 1.807) is 13.8 Å². The van der Waals surface area contributed by atoms with Crippen LogP contribution in [0.25, 0.3) is 5.57 Å². The van der Waals surface area contributed by atoms with Crippen LogP contribution in [0, 0.1) is 17.8 Å². The Labute approximate surface area is 195 Å². The van der Waals surface area contributed by atoms with E-state index >= 15 is 0 Å². The molecule has 0 bridgehead atoms. The molecule has 0 aromatic heterocycles. The second-order valence-corrected chi connectivity index (χ2v) is 13.9. The lowest BCUT2D eigenvalue weighted by atomic mass is 9.80. The summed E-state index contributed by atoms with van der Waals surface area (Å²) in [6.45, 7) is 10.2. The van der Waals surface area contributed by atoms with Gasteiger partial charge in [0.25, 0.3) is 0 Å². The molecule has 1 aromatic carbocycles. The van der Waals surface area contributed by atoms with Gasteiger partial charge in [-0.15, -0.1) is 0 Å². The highest BCUT2D eigenvalue weighted by molar-refractivity contribution is 7.90. The summed E-state index contributed by atoms with van der Waals surface area (Å²) in [5, 5.41) is -0.407. The Bertz CT molecular complexity index is 966. The van der Waals surface area contributed by atoms with E-state index in [4.69, 9.17) is 0 Å². The van der Waals surface area contributed by atoms with E-state index in [9.17, 15) is 16.8 Å². The zero-order valence-electron chi connectivity index (χ0n) is 20.1. The van der Waals surface area contributed by atoms with Crippen LogP contribution in [0.3, 0.4) is 0 Å². The molecule has 0 fully saturated rings. The second-order valence-electron chi connectivity index (χ2n) is 9.70. The number of allylic oxidation sites excluding steroid dienone is 2. The largest absolute Gasteiger partial charge is 0.215 e. The van der Waals surface area contributed by atoms with Crippen LogP contribution < -0.4 is 9.44 Å². The van der Waals surface area contributed by atoms with Crippen LogP contribution in [0.4, 0.5) is 0 Å². The van der Waals surface area contributed by atoms with E-state index in [1.165, 1.54) is 11.1 Å². The minimum atomic E-state index is -3.21. The van der Waals surface area contributed by atoms with E-state index in [0.717, 1.165) is 24.8 Å². The zero-order chi connectivity index (χ0) is 23.9. The van der Waals surface area contributed by atoms with Gasteiger partial charge in [0.1, 0.15) is 0 Å². The molecule has 2 unspecified atom stereocenters. The summed E-state index contributed by atoms with van der Waals surface area (Å²) in [6.07, 6.45) is 5.95. The van der Waals surface area contributed by atoms with Crippen molar-refractivity contribution in [1.29, 1.82) is 0 Å². The van der Waals surface area contributed by atoms with Crippen LogP contribution in [0.15, 0.2) is 30.3 Å². The average molecular weight is 485 g/mol. The van der Waals surface area contributed by atoms with Crippen LogP contribution in [0.5, 0.6) is 0 Å². The number of hydrogen-bond acceptors (Lipinski definition) is 4. The Kier molecular flexibility index (Phi) is 9.94. The number of hydrogen-bond donors (Lipinski definition) is 2. The van der Waals surface area contributed by atoms with Gasteiger partial charge in [-0.3, -0.25) is 0 Å². The highest BCUT2D eigenvalue weighted by atomic mass is 32.2. The molecule has 0 aliphatic heterocycles.